The summed E-state index contributed by atoms with van der Waals surface area (Å²) >= 11 is 11.9. The Kier molecular flexibility index (Phi) is 6.26. The van der Waals surface area contributed by atoms with E-state index in [2.05, 4.69) is 0 Å². The molecule has 25 heavy (non-hydrogen) atoms. The van der Waals surface area contributed by atoms with E-state index in [0.717, 1.165) is 16.4 Å². The van der Waals surface area contributed by atoms with E-state index in [-0.39, 0.29) is 27.2 Å². The topological polar surface area (TPSA) is 63.7 Å². The first kappa shape index (κ1) is 19.5. The van der Waals surface area contributed by atoms with E-state index in [0.29, 0.717) is 0 Å². The molecular formula is C16H14Cl2FNO4S. The second-order valence-corrected chi connectivity index (χ2v) is 7.54. The molecule has 0 heterocycles. The smallest absolute Gasteiger partial charge is 0.326 e. The minimum atomic E-state index is -4.24. The highest BCUT2D eigenvalue weighted by molar-refractivity contribution is 7.93. The number of ether oxygens (including phenoxy) is 1. The molecule has 0 spiro atoms. The summed E-state index contributed by atoms with van der Waals surface area (Å²) in [6, 6.07) is 8.61. The Morgan fingerprint density at radius 3 is 2.40 bits per heavy atom. The first-order valence-electron chi connectivity index (χ1n) is 7.14. The molecule has 0 aliphatic carbocycles. The van der Waals surface area contributed by atoms with Crippen molar-refractivity contribution in [1.29, 1.82) is 0 Å². The van der Waals surface area contributed by atoms with Crippen LogP contribution >= 0.6 is 23.2 Å². The van der Waals surface area contributed by atoms with Gasteiger partial charge in [0.15, 0.2) is 0 Å². The monoisotopic (exact) mass is 405 g/mol. The number of carbonyl (C=O) groups excluding carboxylic acids is 1. The summed E-state index contributed by atoms with van der Waals surface area (Å²) in [4.78, 5) is 11.6. The normalized spacial score (nSPS) is 11.2. The zero-order chi connectivity index (χ0) is 18.6. The molecule has 134 valence electrons. The van der Waals surface area contributed by atoms with Crippen LogP contribution in [-0.4, -0.2) is 27.5 Å². The third kappa shape index (κ3) is 4.62. The van der Waals surface area contributed by atoms with Crippen molar-refractivity contribution >= 4 is 44.9 Å². The van der Waals surface area contributed by atoms with Crippen LogP contribution in [0.3, 0.4) is 0 Å². The number of rotatable bonds is 6. The van der Waals surface area contributed by atoms with Gasteiger partial charge in [0.1, 0.15) is 17.3 Å². The number of sulfonamides is 1. The van der Waals surface area contributed by atoms with Gasteiger partial charge < -0.3 is 4.74 Å². The van der Waals surface area contributed by atoms with Crippen molar-refractivity contribution in [3.8, 4) is 0 Å². The van der Waals surface area contributed by atoms with Crippen molar-refractivity contribution in [1.82, 2.24) is 0 Å². The fourth-order valence-electron chi connectivity index (χ4n) is 2.04. The zero-order valence-corrected chi connectivity index (χ0v) is 15.4. The molecule has 0 aliphatic rings. The van der Waals surface area contributed by atoms with Crippen molar-refractivity contribution in [2.75, 3.05) is 17.5 Å². The molecule has 2 rings (SSSR count). The quantitative estimate of drug-likeness (QED) is 0.683. The highest BCUT2D eigenvalue weighted by Gasteiger charge is 2.30. The molecule has 2 aromatic carbocycles. The third-order valence-corrected chi connectivity index (χ3v) is 5.64. The lowest BCUT2D eigenvalue weighted by molar-refractivity contribution is -0.141. The van der Waals surface area contributed by atoms with Crippen LogP contribution in [0.15, 0.2) is 47.4 Å². The van der Waals surface area contributed by atoms with Crippen LogP contribution < -0.4 is 4.31 Å². The highest BCUT2D eigenvalue weighted by Crippen LogP contribution is 2.30. The number of benzene rings is 2. The first-order valence-corrected chi connectivity index (χ1v) is 9.34. The van der Waals surface area contributed by atoms with Gasteiger partial charge in [0.25, 0.3) is 10.0 Å². The van der Waals surface area contributed by atoms with Crippen molar-refractivity contribution in [3.05, 3.63) is 58.3 Å². The highest BCUT2D eigenvalue weighted by atomic mass is 35.5. The van der Waals surface area contributed by atoms with Crippen LogP contribution in [0.1, 0.15) is 6.92 Å². The summed E-state index contributed by atoms with van der Waals surface area (Å²) in [5.74, 6) is -1.30. The Morgan fingerprint density at radius 2 is 1.80 bits per heavy atom. The summed E-state index contributed by atoms with van der Waals surface area (Å²) in [5, 5.41) is 0.110. The third-order valence-electron chi connectivity index (χ3n) is 3.15. The number of halogens is 3. The standard InChI is InChI=1S/C16H14Cl2FNO4S/c1-2-24-16(21)10-20(13-6-4-12(19)5-7-13)25(22,23)15-9-11(17)3-8-14(15)18/h3-9H,2,10H2,1H3. The largest absolute Gasteiger partial charge is 0.465 e. The van der Waals surface area contributed by atoms with Gasteiger partial charge in [-0.05, 0) is 49.4 Å². The second kappa shape index (κ2) is 8.03. The maximum Gasteiger partial charge on any atom is 0.326 e. The predicted molar refractivity (Wildman–Crippen MR) is 94.0 cm³/mol. The van der Waals surface area contributed by atoms with Crippen LogP contribution in [0.25, 0.3) is 0 Å². The van der Waals surface area contributed by atoms with E-state index in [1.165, 1.54) is 30.3 Å². The zero-order valence-electron chi connectivity index (χ0n) is 13.1. The number of hydrogen-bond acceptors (Lipinski definition) is 4. The van der Waals surface area contributed by atoms with Crippen LogP contribution in [0.2, 0.25) is 10.0 Å². The maximum atomic E-state index is 13.2. The molecule has 0 bridgehead atoms. The van der Waals surface area contributed by atoms with Gasteiger partial charge in [0, 0.05) is 5.02 Å². The molecular weight excluding hydrogens is 392 g/mol. The fourth-order valence-corrected chi connectivity index (χ4v) is 4.19. The van der Waals surface area contributed by atoms with E-state index < -0.39 is 28.4 Å². The molecule has 9 heteroatoms. The summed E-state index contributed by atoms with van der Waals surface area (Å²) in [6.07, 6.45) is 0. The second-order valence-electron chi connectivity index (χ2n) is 4.87. The molecule has 0 amide bonds. The number of anilines is 1. The van der Waals surface area contributed by atoms with Crippen molar-refractivity contribution in [3.63, 3.8) is 0 Å². The Labute approximate surface area is 155 Å². The van der Waals surface area contributed by atoms with Crippen LogP contribution in [-0.2, 0) is 19.6 Å². The molecule has 0 radical (unpaired) electrons. The molecule has 5 nitrogen and oxygen atoms in total. The summed E-state index contributed by atoms with van der Waals surface area (Å²) < 4.78 is 44.8. The molecule has 0 N–H and O–H groups in total. The lowest BCUT2D eigenvalue weighted by Gasteiger charge is -2.24. The molecule has 0 saturated heterocycles. The molecule has 0 atom stereocenters. The summed E-state index contributed by atoms with van der Waals surface area (Å²) in [6.45, 7) is 1.10. The number of hydrogen-bond donors (Lipinski definition) is 0. The van der Waals surface area contributed by atoms with E-state index in [4.69, 9.17) is 27.9 Å². The van der Waals surface area contributed by atoms with Gasteiger partial charge in [-0.3, -0.25) is 9.10 Å². The fraction of sp³-hybridized carbons (Fsp3) is 0.188. The van der Waals surface area contributed by atoms with Gasteiger partial charge in [0.2, 0.25) is 0 Å². The van der Waals surface area contributed by atoms with Crippen molar-refractivity contribution in [2.24, 2.45) is 0 Å². The minimum absolute atomic E-state index is 0.0552. The number of carbonyl (C=O) groups is 1. The Hall–Kier alpha value is -1.83. The van der Waals surface area contributed by atoms with Gasteiger partial charge in [-0.1, -0.05) is 23.2 Å². The van der Waals surface area contributed by atoms with E-state index in [1.54, 1.807) is 6.92 Å². The van der Waals surface area contributed by atoms with Crippen molar-refractivity contribution < 1.29 is 22.3 Å². The molecule has 0 aromatic heterocycles. The van der Waals surface area contributed by atoms with Crippen molar-refractivity contribution in [2.45, 2.75) is 11.8 Å². The van der Waals surface area contributed by atoms with Gasteiger partial charge >= 0.3 is 5.97 Å². The Morgan fingerprint density at radius 1 is 1.16 bits per heavy atom. The van der Waals surface area contributed by atoms with Gasteiger partial charge in [-0.2, -0.15) is 0 Å². The molecule has 2 aromatic rings. The van der Waals surface area contributed by atoms with Gasteiger partial charge in [-0.15, -0.1) is 0 Å². The molecule has 0 fully saturated rings. The summed E-state index contributed by atoms with van der Waals surface area (Å²) in [5.41, 5.74) is 0.0884. The predicted octanol–water partition coefficient (Wildman–Crippen LogP) is 3.89. The van der Waals surface area contributed by atoms with Gasteiger partial charge in [-0.25, -0.2) is 12.8 Å². The van der Waals surface area contributed by atoms with Crippen LogP contribution in [0.4, 0.5) is 10.1 Å². The molecule has 0 saturated carbocycles. The first-order chi connectivity index (χ1) is 11.8. The van der Waals surface area contributed by atoms with E-state index >= 15 is 0 Å². The Bertz CT molecular complexity index is 872. The SMILES string of the molecule is CCOC(=O)CN(c1ccc(F)cc1)S(=O)(=O)c1cc(Cl)ccc1Cl. The average molecular weight is 406 g/mol. The Balaban J connectivity index is 2.54. The lowest BCUT2D eigenvalue weighted by atomic mass is 10.3. The maximum absolute atomic E-state index is 13.2. The van der Waals surface area contributed by atoms with Crippen LogP contribution in [0.5, 0.6) is 0 Å². The average Bonchev–Trinajstić information content (AvgIpc) is 2.56. The van der Waals surface area contributed by atoms with E-state index in [1.807, 2.05) is 0 Å². The van der Waals surface area contributed by atoms with Crippen LogP contribution in [0, 0.1) is 5.82 Å². The molecule has 0 unspecified atom stereocenters. The molecule has 0 aliphatic heterocycles. The van der Waals surface area contributed by atoms with Gasteiger partial charge in [0.05, 0.1) is 17.3 Å². The minimum Gasteiger partial charge on any atom is -0.465 e. The van der Waals surface area contributed by atoms with E-state index in [9.17, 15) is 17.6 Å². The number of nitrogens with zero attached hydrogens (tertiary/aromatic N) is 1. The summed E-state index contributed by atoms with van der Waals surface area (Å²) in [7, 11) is -4.24. The number of esters is 1. The lowest BCUT2D eigenvalue weighted by Crippen LogP contribution is -2.36.